The molecule has 0 saturated heterocycles. The molecule has 0 atom stereocenters. The molecule has 0 radical (unpaired) electrons. The number of carbonyl (C=O) groups excluding carboxylic acids is 1. The minimum atomic E-state index is 0.0151. The maximum Gasteiger partial charge on any atom is 0.259 e. The molecule has 1 aliphatic heterocycles. The first-order valence-corrected chi connectivity index (χ1v) is 11.9. The van der Waals surface area contributed by atoms with Crippen LogP contribution in [0.15, 0.2) is 65.1 Å². The second-order valence-corrected chi connectivity index (χ2v) is 9.63. The number of hydrogen-bond acceptors (Lipinski definition) is 3. The number of ether oxygens (including phenoxy) is 2. The van der Waals surface area contributed by atoms with Crippen molar-refractivity contribution in [2.75, 3.05) is 18.6 Å². The van der Waals surface area contributed by atoms with Gasteiger partial charge in [-0.25, -0.2) is 0 Å². The number of para-hydroxylation sites is 1. The van der Waals surface area contributed by atoms with E-state index in [4.69, 9.17) is 21.1 Å². The lowest BCUT2D eigenvalue weighted by Crippen LogP contribution is -2.30. The van der Waals surface area contributed by atoms with Gasteiger partial charge in [-0.15, -0.1) is 0 Å². The lowest BCUT2D eigenvalue weighted by atomic mass is 10.0. The van der Waals surface area contributed by atoms with Gasteiger partial charge in [0.25, 0.3) is 5.91 Å². The molecule has 170 valence electrons. The van der Waals surface area contributed by atoms with Gasteiger partial charge in [0, 0.05) is 22.7 Å². The van der Waals surface area contributed by atoms with Crippen LogP contribution in [-0.4, -0.2) is 19.6 Å². The van der Waals surface area contributed by atoms with Crippen molar-refractivity contribution in [2.45, 2.75) is 20.5 Å². The quantitative estimate of drug-likeness (QED) is 0.305. The number of hydrogen-bond donors (Lipinski definition) is 0. The van der Waals surface area contributed by atoms with E-state index in [0.717, 1.165) is 26.9 Å². The number of amides is 1. The van der Waals surface area contributed by atoms with Crippen molar-refractivity contribution in [3.63, 3.8) is 0 Å². The Balaban J connectivity index is 1.66. The van der Waals surface area contributed by atoms with Gasteiger partial charge in [0.2, 0.25) is 0 Å². The topological polar surface area (TPSA) is 38.8 Å². The highest BCUT2D eigenvalue weighted by atomic mass is 79.9. The van der Waals surface area contributed by atoms with Crippen LogP contribution < -0.4 is 14.4 Å². The van der Waals surface area contributed by atoms with E-state index in [1.165, 1.54) is 0 Å². The Labute approximate surface area is 207 Å². The molecule has 0 saturated carbocycles. The van der Waals surface area contributed by atoms with Crippen molar-refractivity contribution in [3.05, 3.63) is 86.8 Å². The summed E-state index contributed by atoms with van der Waals surface area (Å²) in [6, 6.07) is 19.3. The highest BCUT2D eigenvalue weighted by Gasteiger charge is 2.32. The summed E-state index contributed by atoms with van der Waals surface area (Å²) in [5, 5.41) is 0.664. The summed E-state index contributed by atoms with van der Waals surface area (Å²) in [6.45, 7) is 5.26. The zero-order chi connectivity index (χ0) is 23.5. The first-order valence-electron chi connectivity index (χ1n) is 10.7. The SMILES string of the molecule is COc1cc(/C=C2\C(=O)N(CC(C)C)c3ccccc32)cc(Br)c1OCc1cccc(Cl)c1. The highest BCUT2D eigenvalue weighted by Crippen LogP contribution is 2.41. The molecule has 4 rings (SSSR count). The van der Waals surface area contributed by atoms with Gasteiger partial charge in [-0.05, 0) is 69.4 Å². The standard InChI is InChI=1S/C27H25BrClNO3/c1-17(2)15-30-24-10-5-4-9-21(24)22(27(30)31)12-19-13-23(28)26(25(14-19)32-3)33-16-18-7-6-8-20(29)11-18/h4-14,17H,15-16H2,1-3H3/b22-12-. The fourth-order valence-electron chi connectivity index (χ4n) is 3.90. The van der Waals surface area contributed by atoms with Gasteiger partial charge in [-0.1, -0.05) is 55.8 Å². The summed E-state index contributed by atoms with van der Waals surface area (Å²) >= 11 is 9.69. The molecule has 33 heavy (non-hydrogen) atoms. The average Bonchev–Trinajstić information content (AvgIpc) is 3.03. The first kappa shape index (κ1) is 23.4. The summed E-state index contributed by atoms with van der Waals surface area (Å²) in [4.78, 5) is 15.1. The predicted octanol–water partition coefficient (Wildman–Crippen LogP) is 7.23. The monoisotopic (exact) mass is 525 g/mol. The Morgan fingerprint density at radius 2 is 1.88 bits per heavy atom. The second-order valence-electron chi connectivity index (χ2n) is 8.34. The van der Waals surface area contributed by atoms with Crippen LogP contribution in [0.1, 0.15) is 30.5 Å². The smallest absolute Gasteiger partial charge is 0.259 e. The zero-order valence-electron chi connectivity index (χ0n) is 18.8. The zero-order valence-corrected chi connectivity index (χ0v) is 21.1. The Bertz CT molecular complexity index is 1220. The van der Waals surface area contributed by atoms with Crippen LogP contribution >= 0.6 is 27.5 Å². The minimum absolute atomic E-state index is 0.0151. The maximum absolute atomic E-state index is 13.3. The fraction of sp³-hybridized carbons (Fsp3) is 0.222. The molecule has 0 fully saturated rings. The Kier molecular flexibility index (Phi) is 7.11. The van der Waals surface area contributed by atoms with E-state index in [2.05, 4.69) is 29.8 Å². The molecule has 0 unspecified atom stereocenters. The molecule has 0 aromatic heterocycles. The lowest BCUT2D eigenvalue weighted by Gasteiger charge is -2.19. The van der Waals surface area contributed by atoms with E-state index < -0.39 is 0 Å². The van der Waals surface area contributed by atoms with Crippen molar-refractivity contribution < 1.29 is 14.3 Å². The first-order chi connectivity index (χ1) is 15.9. The van der Waals surface area contributed by atoms with E-state index in [1.807, 2.05) is 71.6 Å². The molecule has 6 heteroatoms. The van der Waals surface area contributed by atoms with E-state index in [1.54, 1.807) is 7.11 Å². The molecule has 1 amide bonds. The second kappa shape index (κ2) is 10.0. The van der Waals surface area contributed by atoms with E-state index in [9.17, 15) is 4.79 Å². The van der Waals surface area contributed by atoms with Crippen molar-refractivity contribution >= 4 is 50.8 Å². The molecular weight excluding hydrogens is 502 g/mol. The summed E-state index contributed by atoms with van der Waals surface area (Å²) in [6.07, 6.45) is 1.91. The van der Waals surface area contributed by atoms with E-state index in [-0.39, 0.29) is 5.91 Å². The third kappa shape index (κ3) is 5.10. The van der Waals surface area contributed by atoms with Crippen molar-refractivity contribution in [3.8, 4) is 11.5 Å². The molecule has 3 aromatic rings. The summed E-state index contributed by atoms with van der Waals surface area (Å²) in [7, 11) is 1.60. The highest BCUT2D eigenvalue weighted by molar-refractivity contribution is 9.10. The van der Waals surface area contributed by atoms with Gasteiger partial charge in [-0.2, -0.15) is 0 Å². The fourth-order valence-corrected chi connectivity index (χ4v) is 4.69. The number of carbonyl (C=O) groups is 1. The van der Waals surface area contributed by atoms with Gasteiger partial charge < -0.3 is 14.4 Å². The number of anilines is 1. The summed E-state index contributed by atoms with van der Waals surface area (Å²) < 4.78 is 12.4. The van der Waals surface area contributed by atoms with Gasteiger partial charge in [0.15, 0.2) is 11.5 Å². The maximum atomic E-state index is 13.3. The summed E-state index contributed by atoms with van der Waals surface area (Å²) in [5.41, 5.74) is 4.38. The predicted molar refractivity (Wildman–Crippen MR) is 138 cm³/mol. The van der Waals surface area contributed by atoms with Crippen LogP contribution in [0.25, 0.3) is 11.6 Å². The van der Waals surface area contributed by atoms with Crippen molar-refractivity contribution in [2.24, 2.45) is 5.92 Å². The lowest BCUT2D eigenvalue weighted by molar-refractivity contribution is -0.113. The van der Waals surface area contributed by atoms with Crippen LogP contribution in [0.3, 0.4) is 0 Å². The number of methoxy groups -OCH3 is 1. The Morgan fingerprint density at radius 3 is 2.61 bits per heavy atom. The van der Waals surface area contributed by atoms with Gasteiger partial charge in [0.1, 0.15) is 6.61 Å². The number of rotatable bonds is 7. The minimum Gasteiger partial charge on any atom is -0.493 e. The normalized spacial score (nSPS) is 14.2. The largest absolute Gasteiger partial charge is 0.493 e. The molecule has 0 aliphatic carbocycles. The Hall–Kier alpha value is -2.76. The van der Waals surface area contributed by atoms with E-state index in [0.29, 0.717) is 41.2 Å². The average molecular weight is 527 g/mol. The molecule has 1 aliphatic rings. The molecule has 0 spiro atoms. The molecule has 4 nitrogen and oxygen atoms in total. The third-order valence-corrected chi connectivity index (χ3v) is 6.17. The van der Waals surface area contributed by atoms with E-state index >= 15 is 0 Å². The van der Waals surface area contributed by atoms with Crippen LogP contribution in [0.4, 0.5) is 5.69 Å². The van der Waals surface area contributed by atoms with Crippen LogP contribution in [0.5, 0.6) is 11.5 Å². The summed E-state index contributed by atoms with van der Waals surface area (Å²) in [5.74, 6) is 1.56. The van der Waals surface area contributed by atoms with Crippen LogP contribution in [-0.2, 0) is 11.4 Å². The number of fused-ring (bicyclic) bond motifs is 1. The molecular formula is C27H25BrClNO3. The van der Waals surface area contributed by atoms with Gasteiger partial charge in [-0.3, -0.25) is 4.79 Å². The molecule has 3 aromatic carbocycles. The third-order valence-electron chi connectivity index (χ3n) is 5.34. The van der Waals surface area contributed by atoms with Crippen molar-refractivity contribution in [1.29, 1.82) is 0 Å². The van der Waals surface area contributed by atoms with Crippen molar-refractivity contribution in [1.82, 2.24) is 0 Å². The van der Waals surface area contributed by atoms with Gasteiger partial charge >= 0.3 is 0 Å². The van der Waals surface area contributed by atoms with Crippen LogP contribution in [0, 0.1) is 5.92 Å². The van der Waals surface area contributed by atoms with Gasteiger partial charge in [0.05, 0.1) is 17.3 Å². The molecule has 0 bridgehead atoms. The van der Waals surface area contributed by atoms with Crippen LogP contribution in [0.2, 0.25) is 5.02 Å². The number of halogens is 2. The molecule has 0 N–H and O–H groups in total. The number of benzene rings is 3. The number of nitrogens with zero attached hydrogens (tertiary/aromatic N) is 1. The molecule has 1 heterocycles. The Morgan fingerprint density at radius 1 is 1.09 bits per heavy atom.